The first-order valence-corrected chi connectivity index (χ1v) is 6.48. The molecule has 0 fully saturated rings. The SMILES string of the molecule is COc1c(C)c(C)c(Br)c(C)c1C(F)(F)CCN. The number of hydrogen-bond donors (Lipinski definition) is 1. The molecule has 18 heavy (non-hydrogen) atoms. The summed E-state index contributed by atoms with van der Waals surface area (Å²) < 4.78 is 34.2. The molecule has 0 unspecified atom stereocenters. The number of halogens is 3. The number of hydrogen-bond acceptors (Lipinski definition) is 2. The lowest BCUT2D eigenvalue weighted by molar-refractivity contribution is -0.0135. The molecule has 0 radical (unpaired) electrons. The number of ether oxygens (including phenoxy) is 1. The van der Waals surface area contributed by atoms with Crippen molar-refractivity contribution in [2.75, 3.05) is 13.7 Å². The Morgan fingerprint density at radius 3 is 2.17 bits per heavy atom. The van der Waals surface area contributed by atoms with Crippen molar-refractivity contribution in [3.63, 3.8) is 0 Å². The van der Waals surface area contributed by atoms with Crippen LogP contribution < -0.4 is 10.5 Å². The molecular formula is C13H18BrF2NO. The van der Waals surface area contributed by atoms with Gasteiger partial charge >= 0.3 is 0 Å². The minimum absolute atomic E-state index is 0.0644. The van der Waals surface area contributed by atoms with Gasteiger partial charge in [0.15, 0.2) is 0 Å². The second kappa shape index (κ2) is 5.53. The molecule has 102 valence electrons. The highest BCUT2D eigenvalue weighted by atomic mass is 79.9. The first-order valence-electron chi connectivity index (χ1n) is 5.69. The van der Waals surface area contributed by atoms with Gasteiger partial charge in [-0.05, 0) is 44.0 Å². The lowest BCUT2D eigenvalue weighted by Gasteiger charge is -2.24. The van der Waals surface area contributed by atoms with Crippen LogP contribution in [0.15, 0.2) is 4.47 Å². The van der Waals surface area contributed by atoms with E-state index in [1.54, 1.807) is 13.8 Å². The van der Waals surface area contributed by atoms with Crippen LogP contribution >= 0.6 is 15.9 Å². The lowest BCUT2D eigenvalue weighted by Crippen LogP contribution is -2.22. The summed E-state index contributed by atoms with van der Waals surface area (Å²) in [6.07, 6.45) is -0.390. The van der Waals surface area contributed by atoms with E-state index < -0.39 is 5.92 Å². The van der Waals surface area contributed by atoms with E-state index in [1.807, 2.05) is 6.92 Å². The van der Waals surface area contributed by atoms with Crippen LogP contribution in [0.25, 0.3) is 0 Å². The van der Waals surface area contributed by atoms with Crippen LogP contribution in [0.5, 0.6) is 5.75 Å². The molecule has 0 bridgehead atoms. The van der Waals surface area contributed by atoms with Crippen LogP contribution in [0.3, 0.4) is 0 Å². The van der Waals surface area contributed by atoms with Crippen molar-refractivity contribution >= 4 is 15.9 Å². The number of rotatable bonds is 4. The molecule has 0 spiro atoms. The Labute approximate surface area is 115 Å². The van der Waals surface area contributed by atoms with E-state index in [0.29, 0.717) is 10.0 Å². The molecule has 0 heterocycles. The summed E-state index contributed by atoms with van der Waals surface area (Å²) in [5.41, 5.74) is 7.35. The maximum Gasteiger partial charge on any atom is 0.278 e. The molecule has 0 aliphatic rings. The molecule has 1 rings (SSSR count). The van der Waals surface area contributed by atoms with Gasteiger partial charge in [0.05, 0.1) is 12.7 Å². The van der Waals surface area contributed by atoms with E-state index in [1.165, 1.54) is 7.11 Å². The van der Waals surface area contributed by atoms with Gasteiger partial charge < -0.3 is 10.5 Å². The summed E-state index contributed by atoms with van der Waals surface area (Å²) in [5.74, 6) is -2.72. The number of nitrogens with two attached hydrogens (primary N) is 1. The van der Waals surface area contributed by atoms with Crippen LogP contribution in [-0.2, 0) is 5.92 Å². The third-order valence-corrected chi connectivity index (χ3v) is 4.38. The zero-order valence-corrected chi connectivity index (χ0v) is 12.6. The van der Waals surface area contributed by atoms with Gasteiger partial charge in [-0.1, -0.05) is 15.9 Å². The largest absolute Gasteiger partial charge is 0.496 e. The molecule has 0 aromatic heterocycles. The molecule has 2 nitrogen and oxygen atoms in total. The number of methoxy groups -OCH3 is 1. The van der Waals surface area contributed by atoms with E-state index >= 15 is 0 Å². The average Bonchev–Trinajstić information content (AvgIpc) is 2.30. The maximum atomic E-state index is 14.2. The van der Waals surface area contributed by atoms with Crippen molar-refractivity contribution in [3.8, 4) is 5.75 Å². The molecule has 0 aliphatic carbocycles. The summed E-state index contributed by atoms with van der Waals surface area (Å²) in [5, 5.41) is 0. The highest BCUT2D eigenvalue weighted by Gasteiger charge is 2.37. The van der Waals surface area contributed by atoms with E-state index in [2.05, 4.69) is 15.9 Å². The first kappa shape index (κ1) is 15.4. The zero-order valence-electron chi connectivity index (χ0n) is 11.0. The van der Waals surface area contributed by atoms with Crippen molar-refractivity contribution < 1.29 is 13.5 Å². The van der Waals surface area contributed by atoms with E-state index in [4.69, 9.17) is 10.5 Å². The smallest absolute Gasteiger partial charge is 0.278 e. The predicted molar refractivity (Wildman–Crippen MR) is 72.5 cm³/mol. The van der Waals surface area contributed by atoms with Crippen molar-refractivity contribution in [1.82, 2.24) is 0 Å². The fraction of sp³-hybridized carbons (Fsp3) is 0.538. The Kier molecular flexibility index (Phi) is 4.72. The Bertz CT molecular complexity index is 461. The summed E-state index contributed by atoms with van der Waals surface area (Å²) in [4.78, 5) is 0. The fourth-order valence-electron chi connectivity index (χ4n) is 2.09. The second-order valence-electron chi connectivity index (χ2n) is 4.34. The average molecular weight is 322 g/mol. The summed E-state index contributed by atoms with van der Waals surface area (Å²) >= 11 is 3.37. The van der Waals surface area contributed by atoms with Crippen molar-refractivity contribution in [3.05, 3.63) is 26.7 Å². The standard InChI is InChI=1S/C13H18BrF2NO/c1-7-8(2)12(18-4)10(9(3)11(7)14)13(15,16)5-6-17/h5-6,17H2,1-4H3. The first-order chi connectivity index (χ1) is 8.27. The van der Waals surface area contributed by atoms with Crippen LogP contribution in [0.1, 0.15) is 28.7 Å². The second-order valence-corrected chi connectivity index (χ2v) is 5.13. The van der Waals surface area contributed by atoms with Gasteiger partial charge in [0.2, 0.25) is 0 Å². The van der Waals surface area contributed by atoms with Gasteiger partial charge in [-0.3, -0.25) is 0 Å². The molecular weight excluding hydrogens is 304 g/mol. The van der Waals surface area contributed by atoms with Crippen molar-refractivity contribution in [2.45, 2.75) is 33.1 Å². The predicted octanol–water partition coefficient (Wildman–Crippen LogP) is 3.82. The van der Waals surface area contributed by atoms with Crippen LogP contribution in [-0.4, -0.2) is 13.7 Å². The fourth-order valence-corrected chi connectivity index (χ4v) is 2.58. The molecule has 2 N–H and O–H groups in total. The third kappa shape index (κ3) is 2.52. The van der Waals surface area contributed by atoms with Gasteiger partial charge in [0, 0.05) is 10.9 Å². The Hall–Kier alpha value is -0.680. The highest BCUT2D eigenvalue weighted by Crippen LogP contribution is 2.45. The minimum atomic E-state index is -2.98. The van der Waals surface area contributed by atoms with Crippen LogP contribution in [0.2, 0.25) is 0 Å². The topological polar surface area (TPSA) is 35.2 Å². The number of benzene rings is 1. The molecule has 0 saturated carbocycles. The maximum absolute atomic E-state index is 14.2. The third-order valence-electron chi connectivity index (χ3n) is 3.19. The lowest BCUT2D eigenvalue weighted by atomic mass is 9.93. The highest BCUT2D eigenvalue weighted by molar-refractivity contribution is 9.10. The molecule has 0 amide bonds. The molecule has 5 heteroatoms. The van der Waals surface area contributed by atoms with Crippen LogP contribution in [0.4, 0.5) is 8.78 Å². The van der Waals surface area contributed by atoms with Crippen molar-refractivity contribution in [1.29, 1.82) is 0 Å². The van der Waals surface area contributed by atoms with Gasteiger partial charge in [0.1, 0.15) is 5.75 Å². The summed E-state index contributed by atoms with van der Waals surface area (Å²) in [7, 11) is 1.41. The van der Waals surface area contributed by atoms with Gasteiger partial charge in [0.25, 0.3) is 5.92 Å². The molecule has 1 aromatic rings. The normalized spacial score (nSPS) is 11.8. The summed E-state index contributed by atoms with van der Waals surface area (Å²) in [6.45, 7) is 5.25. The van der Waals surface area contributed by atoms with Crippen molar-refractivity contribution in [2.24, 2.45) is 5.73 Å². The number of alkyl halides is 2. The molecule has 0 saturated heterocycles. The van der Waals surface area contributed by atoms with Gasteiger partial charge in [-0.25, -0.2) is 8.78 Å². The van der Waals surface area contributed by atoms with E-state index in [0.717, 1.165) is 11.1 Å². The van der Waals surface area contributed by atoms with Gasteiger partial charge in [-0.15, -0.1) is 0 Å². The molecule has 0 aliphatic heterocycles. The van der Waals surface area contributed by atoms with E-state index in [-0.39, 0.29) is 24.3 Å². The monoisotopic (exact) mass is 321 g/mol. The Morgan fingerprint density at radius 1 is 1.17 bits per heavy atom. The Morgan fingerprint density at radius 2 is 1.72 bits per heavy atom. The summed E-state index contributed by atoms with van der Waals surface area (Å²) in [6, 6.07) is 0. The quantitative estimate of drug-likeness (QED) is 0.914. The van der Waals surface area contributed by atoms with E-state index in [9.17, 15) is 8.78 Å². The Balaban J connectivity index is 3.61. The molecule has 0 atom stereocenters. The minimum Gasteiger partial charge on any atom is -0.496 e. The van der Waals surface area contributed by atoms with Gasteiger partial charge in [-0.2, -0.15) is 0 Å². The molecule has 1 aromatic carbocycles. The van der Waals surface area contributed by atoms with Crippen LogP contribution in [0, 0.1) is 20.8 Å². The zero-order chi connectivity index (χ0) is 14.1.